The van der Waals surface area contributed by atoms with E-state index in [1.807, 2.05) is 0 Å². The Kier molecular flexibility index (Phi) is 5.25. The van der Waals surface area contributed by atoms with Gasteiger partial charge in [-0.3, -0.25) is 0 Å². The third-order valence-electron chi connectivity index (χ3n) is 5.31. The molecule has 3 nitrogen and oxygen atoms in total. The lowest BCUT2D eigenvalue weighted by Gasteiger charge is -2.45. The van der Waals surface area contributed by atoms with Crippen LogP contribution >= 0.6 is 0 Å². The number of hydrogen-bond donors (Lipinski definition) is 2. The number of aliphatic hydroxyl groups is 1. The van der Waals surface area contributed by atoms with Gasteiger partial charge in [0.25, 0.3) is 0 Å². The molecular formula is C18H37NO2. The topological polar surface area (TPSA) is 44.8 Å². The molecule has 0 saturated carbocycles. The first kappa shape index (κ1) is 18.9. The smallest absolute Gasteiger partial charge is 0.103 e. The summed E-state index contributed by atoms with van der Waals surface area (Å²) in [5, 5.41) is 12.7. The molecule has 0 amide bonds. The normalized spacial score (nSPS) is 28.6. The fraction of sp³-hybridized carbons (Fsp3) is 1.00. The molecule has 3 unspecified atom stereocenters. The minimum absolute atomic E-state index is 0.0477. The van der Waals surface area contributed by atoms with Crippen molar-refractivity contribution in [1.29, 1.82) is 0 Å². The number of ether oxygens (including phenoxy) is 1. The van der Waals surface area contributed by atoms with Gasteiger partial charge < -0.3 is 15.2 Å². The molecule has 0 aromatic rings. The Labute approximate surface area is 131 Å². The highest BCUT2D eigenvalue weighted by Gasteiger charge is 2.61. The summed E-state index contributed by atoms with van der Waals surface area (Å²) >= 11 is 0. The lowest BCUT2D eigenvalue weighted by molar-refractivity contribution is 0.0600. The van der Waals surface area contributed by atoms with Gasteiger partial charge in [0.15, 0.2) is 0 Å². The molecular weight excluding hydrogens is 262 g/mol. The molecule has 3 heteroatoms. The van der Waals surface area contributed by atoms with Gasteiger partial charge in [0.05, 0.1) is 12.2 Å². The van der Waals surface area contributed by atoms with E-state index in [0.717, 1.165) is 6.42 Å². The Morgan fingerprint density at radius 3 is 2.00 bits per heavy atom. The summed E-state index contributed by atoms with van der Waals surface area (Å²) in [6.45, 7) is 21.3. The SMILES string of the molecule is CC(C)(C)CC1(C)OC1C(NCCO)C(C)(C)C(C)(C)C. The van der Waals surface area contributed by atoms with Crippen LogP contribution in [0, 0.1) is 16.2 Å². The highest BCUT2D eigenvalue weighted by atomic mass is 16.6. The second kappa shape index (κ2) is 5.82. The minimum atomic E-state index is -0.0477. The van der Waals surface area contributed by atoms with Gasteiger partial charge in [0.1, 0.15) is 6.10 Å². The van der Waals surface area contributed by atoms with E-state index in [4.69, 9.17) is 4.74 Å². The number of rotatable bonds is 6. The van der Waals surface area contributed by atoms with E-state index in [-0.39, 0.29) is 40.6 Å². The van der Waals surface area contributed by atoms with Gasteiger partial charge in [0.2, 0.25) is 0 Å². The first-order valence-electron chi connectivity index (χ1n) is 8.27. The van der Waals surface area contributed by atoms with E-state index in [2.05, 4.69) is 67.6 Å². The van der Waals surface area contributed by atoms with Crippen LogP contribution in [0.25, 0.3) is 0 Å². The number of hydrogen-bond acceptors (Lipinski definition) is 3. The van der Waals surface area contributed by atoms with Crippen LogP contribution < -0.4 is 5.32 Å². The van der Waals surface area contributed by atoms with Gasteiger partial charge in [-0.15, -0.1) is 0 Å². The van der Waals surface area contributed by atoms with Gasteiger partial charge in [-0.2, -0.15) is 0 Å². The van der Waals surface area contributed by atoms with E-state index in [1.165, 1.54) is 0 Å². The van der Waals surface area contributed by atoms with Crippen LogP contribution in [0.3, 0.4) is 0 Å². The molecule has 0 spiro atoms. The Hall–Kier alpha value is -0.120. The van der Waals surface area contributed by atoms with Crippen LogP contribution in [-0.4, -0.2) is 36.0 Å². The zero-order chi connectivity index (χ0) is 16.7. The molecule has 2 N–H and O–H groups in total. The van der Waals surface area contributed by atoms with Crippen molar-refractivity contribution in [2.24, 2.45) is 16.2 Å². The summed E-state index contributed by atoms with van der Waals surface area (Å²) < 4.78 is 6.18. The Morgan fingerprint density at radius 2 is 1.62 bits per heavy atom. The summed E-state index contributed by atoms with van der Waals surface area (Å²) in [5.74, 6) is 0. The molecule has 0 radical (unpaired) electrons. The highest BCUT2D eigenvalue weighted by Crippen LogP contribution is 2.53. The zero-order valence-electron chi connectivity index (χ0n) is 15.6. The molecule has 0 aromatic heterocycles. The summed E-state index contributed by atoms with van der Waals surface area (Å²) in [7, 11) is 0. The van der Waals surface area contributed by atoms with Gasteiger partial charge in [0, 0.05) is 12.6 Å². The van der Waals surface area contributed by atoms with Crippen molar-refractivity contribution >= 4 is 0 Å². The molecule has 3 atom stereocenters. The van der Waals surface area contributed by atoms with E-state index in [9.17, 15) is 5.11 Å². The minimum Gasteiger partial charge on any atom is -0.395 e. The third-order valence-corrected chi connectivity index (χ3v) is 5.31. The first-order chi connectivity index (χ1) is 9.24. The maximum Gasteiger partial charge on any atom is 0.103 e. The number of epoxide rings is 1. The lowest BCUT2D eigenvalue weighted by Crippen LogP contribution is -2.54. The van der Waals surface area contributed by atoms with Crippen LogP contribution in [0.1, 0.15) is 68.7 Å². The molecule has 1 saturated heterocycles. The van der Waals surface area contributed by atoms with E-state index in [0.29, 0.717) is 6.54 Å². The van der Waals surface area contributed by atoms with Crippen molar-refractivity contribution in [3.63, 3.8) is 0 Å². The summed E-state index contributed by atoms with van der Waals surface area (Å²) in [4.78, 5) is 0. The van der Waals surface area contributed by atoms with E-state index in [1.54, 1.807) is 0 Å². The number of aliphatic hydroxyl groups excluding tert-OH is 1. The molecule has 126 valence electrons. The standard InChI is InChI=1S/C18H37NO2/c1-15(2,3)12-18(9)14(21-18)13(19-10-11-20)17(7,8)16(4,5)6/h13-14,19-20H,10-12H2,1-9H3. The van der Waals surface area contributed by atoms with Crippen LogP contribution in [0.4, 0.5) is 0 Å². The largest absolute Gasteiger partial charge is 0.395 e. The summed E-state index contributed by atoms with van der Waals surface area (Å²) in [5.41, 5.74) is 0.446. The fourth-order valence-corrected chi connectivity index (χ4v) is 3.30. The van der Waals surface area contributed by atoms with Crippen LogP contribution in [-0.2, 0) is 4.74 Å². The maximum atomic E-state index is 9.20. The Bertz CT molecular complexity index is 351. The summed E-state index contributed by atoms with van der Waals surface area (Å²) in [6.07, 6.45) is 1.28. The second-order valence-corrected chi connectivity index (χ2v) is 9.72. The van der Waals surface area contributed by atoms with Crippen molar-refractivity contribution in [2.45, 2.75) is 86.5 Å². The van der Waals surface area contributed by atoms with Gasteiger partial charge in [-0.05, 0) is 29.6 Å². The molecule has 1 aliphatic rings. The third kappa shape index (κ3) is 4.43. The van der Waals surface area contributed by atoms with Crippen molar-refractivity contribution in [3.8, 4) is 0 Å². The average molecular weight is 299 g/mol. The summed E-state index contributed by atoms with van der Waals surface area (Å²) in [6, 6.07) is 0.247. The predicted molar refractivity (Wildman–Crippen MR) is 89.5 cm³/mol. The molecule has 1 heterocycles. The molecule has 1 aliphatic heterocycles. The Balaban J connectivity index is 2.92. The van der Waals surface area contributed by atoms with Crippen molar-refractivity contribution < 1.29 is 9.84 Å². The number of nitrogens with one attached hydrogen (secondary N) is 1. The molecule has 1 rings (SSSR count). The average Bonchev–Trinajstić information content (AvgIpc) is 2.85. The first-order valence-corrected chi connectivity index (χ1v) is 8.27. The van der Waals surface area contributed by atoms with Crippen LogP contribution in [0.15, 0.2) is 0 Å². The lowest BCUT2D eigenvalue weighted by atomic mass is 9.63. The molecule has 0 aliphatic carbocycles. The molecule has 0 bridgehead atoms. The Morgan fingerprint density at radius 1 is 1.10 bits per heavy atom. The van der Waals surface area contributed by atoms with Crippen LogP contribution in [0.5, 0.6) is 0 Å². The fourth-order valence-electron chi connectivity index (χ4n) is 3.30. The van der Waals surface area contributed by atoms with Crippen LogP contribution in [0.2, 0.25) is 0 Å². The molecule has 0 aromatic carbocycles. The van der Waals surface area contributed by atoms with E-state index >= 15 is 0 Å². The highest BCUT2D eigenvalue weighted by molar-refractivity contribution is 5.12. The zero-order valence-corrected chi connectivity index (χ0v) is 15.6. The van der Waals surface area contributed by atoms with E-state index < -0.39 is 0 Å². The molecule has 21 heavy (non-hydrogen) atoms. The van der Waals surface area contributed by atoms with Gasteiger partial charge >= 0.3 is 0 Å². The van der Waals surface area contributed by atoms with Crippen molar-refractivity contribution in [2.75, 3.05) is 13.2 Å². The quantitative estimate of drug-likeness (QED) is 0.737. The molecule has 1 fully saturated rings. The second-order valence-electron chi connectivity index (χ2n) is 9.72. The predicted octanol–water partition coefficient (Wildman–Crippen LogP) is 3.60. The van der Waals surface area contributed by atoms with Gasteiger partial charge in [-0.25, -0.2) is 0 Å². The monoisotopic (exact) mass is 299 g/mol. The van der Waals surface area contributed by atoms with Crippen molar-refractivity contribution in [3.05, 3.63) is 0 Å². The van der Waals surface area contributed by atoms with Gasteiger partial charge in [-0.1, -0.05) is 55.4 Å². The van der Waals surface area contributed by atoms with Crippen molar-refractivity contribution in [1.82, 2.24) is 5.32 Å². The maximum absolute atomic E-state index is 9.20.